The highest BCUT2D eigenvalue weighted by molar-refractivity contribution is 4.86. The van der Waals surface area contributed by atoms with Gasteiger partial charge in [0.1, 0.15) is 0 Å². The summed E-state index contributed by atoms with van der Waals surface area (Å²) in [6, 6.07) is 0. The molecule has 0 saturated heterocycles. The van der Waals surface area contributed by atoms with Crippen LogP contribution in [0.25, 0.3) is 0 Å². The van der Waals surface area contributed by atoms with E-state index in [-0.39, 0.29) is 0 Å². The molecule has 2 heteroatoms. The molecule has 1 saturated carbocycles. The molecule has 0 aliphatic heterocycles. The third kappa shape index (κ3) is 4.89. The summed E-state index contributed by atoms with van der Waals surface area (Å²) in [5, 5.41) is 0. The number of unbranched alkanes of at least 4 members (excludes halogenated alkanes) is 1. The molecule has 0 aromatic carbocycles. The van der Waals surface area contributed by atoms with Gasteiger partial charge in [0.2, 0.25) is 0 Å². The van der Waals surface area contributed by atoms with Crippen molar-refractivity contribution in [1.29, 1.82) is 0 Å². The molecule has 0 bridgehead atoms. The summed E-state index contributed by atoms with van der Waals surface area (Å²) in [5.41, 5.74) is 6.42. The first kappa shape index (κ1) is 16.0. The minimum atomic E-state index is 0.463. The zero-order valence-corrected chi connectivity index (χ0v) is 12.9. The van der Waals surface area contributed by atoms with E-state index in [1.54, 1.807) is 7.11 Å². The zero-order chi connectivity index (χ0) is 13.6. The first-order valence-corrected chi connectivity index (χ1v) is 7.68. The van der Waals surface area contributed by atoms with Gasteiger partial charge < -0.3 is 10.5 Å². The van der Waals surface area contributed by atoms with E-state index in [4.69, 9.17) is 10.5 Å². The highest BCUT2D eigenvalue weighted by Gasteiger charge is 2.34. The molecule has 1 rings (SSSR count). The highest BCUT2D eigenvalue weighted by Crippen LogP contribution is 2.43. The lowest BCUT2D eigenvalue weighted by atomic mass is 9.64. The van der Waals surface area contributed by atoms with E-state index in [2.05, 4.69) is 20.8 Å². The van der Waals surface area contributed by atoms with Crippen LogP contribution in [0.2, 0.25) is 0 Å². The lowest BCUT2D eigenvalue weighted by molar-refractivity contribution is 0.0930. The van der Waals surface area contributed by atoms with E-state index < -0.39 is 0 Å². The molecule has 0 amide bonds. The fourth-order valence-corrected chi connectivity index (χ4v) is 3.43. The molecule has 2 nitrogen and oxygen atoms in total. The summed E-state index contributed by atoms with van der Waals surface area (Å²) in [6.45, 7) is 8.96. The van der Waals surface area contributed by atoms with Gasteiger partial charge in [-0.25, -0.2) is 0 Å². The van der Waals surface area contributed by atoms with Crippen LogP contribution >= 0.6 is 0 Å². The van der Waals surface area contributed by atoms with Gasteiger partial charge in [0.05, 0.1) is 0 Å². The van der Waals surface area contributed by atoms with Crippen LogP contribution in [0.4, 0.5) is 0 Å². The smallest absolute Gasteiger partial charge is 0.0462 e. The van der Waals surface area contributed by atoms with Gasteiger partial charge in [-0.1, -0.05) is 33.6 Å². The Morgan fingerprint density at radius 2 is 1.83 bits per heavy atom. The second-order valence-electron chi connectivity index (χ2n) is 7.12. The van der Waals surface area contributed by atoms with Crippen LogP contribution in [-0.2, 0) is 4.74 Å². The van der Waals surface area contributed by atoms with Crippen molar-refractivity contribution in [2.24, 2.45) is 28.9 Å². The Morgan fingerprint density at radius 1 is 1.11 bits per heavy atom. The fraction of sp³-hybridized carbons (Fsp3) is 1.00. The SMILES string of the molecule is COCCCCC1CC(C(C)(C)C)CCC1CN. The van der Waals surface area contributed by atoms with E-state index in [0.717, 1.165) is 30.9 Å². The van der Waals surface area contributed by atoms with Crippen molar-refractivity contribution in [3.8, 4) is 0 Å². The molecule has 3 atom stereocenters. The van der Waals surface area contributed by atoms with Gasteiger partial charge in [0, 0.05) is 13.7 Å². The monoisotopic (exact) mass is 255 g/mol. The fourth-order valence-electron chi connectivity index (χ4n) is 3.43. The molecular formula is C16H33NO. The van der Waals surface area contributed by atoms with Gasteiger partial charge in [-0.3, -0.25) is 0 Å². The predicted molar refractivity (Wildman–Crippen MR) is 78.6 cm³/mol. The van der Waals surface area contributed by atoms with Gasteiger partial charge >= 0.3 is 0 Å². The normalized spacial score (nSPS) is 29.5. The topological polar surface area (TPSA) is 35.2 Å². The average Bonchev–Trinajstić information content (AvgIpc) is 2.33. The Balaban J connectivity index is 2.43. The van der Waals surface area contributed by atoms with Crippen LogP contribution in [0.5, 0.6) is 0 Å². The third-order valence-corrected chi connectivity index (χ3v) is 4.84. The van der Waals surface area contributed by atoms with Gasteiger partial charge in [0.25, 0.3) is 0 Å². The van der Waals surface area contributed by atoms with Gasteiger partial charge in [0.15, 0.2) is 0 Å². The number of methoxy groups -OCH3 is 1. The summed E-state index contributed by atoms with van der Waals surface area (Å²) in [7, 11) is 1.79. The average molecular weight is 255 g/mol. The molecule has 0 heterocycles. The van der Waals surface area contributed by atoms with Crippen LogP contribution in [0.3, 0.4) is 0 Å². The molecular weight excluding hydrogens is 222 g/mol. The Kier molecular flexibility index (Phi) is 6.65. The number of rotatable bonds is 6. The Hall–Kier alpha value is -0.0800. The second-order valence-corrected chi connectivity index (χ2v) is 7.12. The Morgan fingerprint density at radius 3 is 2.39 bits per heavy atom. The lowest BCUT2D eigenvalue weighted by Gasteiger charge is -2.41. The van der Waals surface area contributed by atoms with Crippen LogP contribution in [-0.4, -0.2) is 20.3 Å². The van der Waals surface area contributed by atoms with Crippen LogP contribution in [0, 0.1) is 23.2 Å². The highest BCUT2D eigenvalue weighted by atomic mass is 16.5. The molecule has 18 heavy (non-hydrogen) atoms. The molecule has 1 aliphatic rings. The standard InChI is InChI=1S/C16H33NO/c1-16(2,3)15-9-8-14(12-17)13(11-15)7-5-6-10-18-4/h13-15H,5-12,17H2,1-4H3. The first-order chi connectivity index (χ1) is 8.49. The molecule has 0 aromatic heterocycles. The van der Waals surface area contributed by atoms with E-state index in [9.17, 15) is 0 Å². The summed E-state index contributed by atoms with van der Waals surface area (Å²) in [5.74, 6) is 2.50. The minimum Gasteiger partial charge on any atom is -0.385 e. The van der Waals surface area contributed by atoms with Crippen LogP contribution < -0.4 is 5.73 Å². The largest absolute Gasteiger partial charge is 0.385 e. The Bertz CT molecular complexity index is 222. The molecule has 108 valence electrons. The van der Waals surface area contributed by atoms with Gasteiger partial charge in [-0.15, -0.1) is 0 Å². The second kappa shape index (κ2) is 7.49. The summed E-state index contributed by atoms with van der Waals surface area (Å²) in [6.07, 6.45) is 7.94. The maximum absolute atomic E-state index is 5.95. The molecule has 3 unspecified atom stereocenters. The minimum absolute atomic E-state index is 0.463. The van der Waals surface area contributed by atoms with Gasteiger partial charge in [-0.2, -0.15) is 0 Å². The zero-order valence-electron chi connectivity index (χ0n) is 12.9. The quantitative estimate of drug-likeness (QED) is 0.732. The van der Waals surface area contributed by atoms with Crippen molar-refractivity contribution in [2.75, 3.05) is 20.3 Å². The van der Waals surface area contributed by atoms with Crippen molar-refractivity contribution in [1.82, 2.24) is 0 Å². The van der Waals surface area contributed by atoms with Gasteiger partial charge in [-0.05, 0) is 55.4 Å². The first-order valence-electron chi connectivity index (χ1n) is 7.68. The van der Waals surface area contributed by atoms with Crippen molar-refractivity contribution in [3.63, 3.8) is 0 Å². The number of hydrogen-bond donors (Lipinski definition) is 1. The van der Waals surface area contributed by atoms with Crippen molar-refractivity contribution < 1.29 is 4.74 Å². The predicted octanol–water partition coefficient (Wildman–Crippen LogP) is 3.84. The van der Waals surface area contributed by atoms with Crippen molar-refractivity contribution in [3.05, 3.63) is 0 Å². The maximum Gasteiger partial charge on any atom is 0.0462 e. The number of hydrogen-bond acceptors (Lipinski definition) is 2. The van der Waals surface area contributed by atoms with E-state index in [0.29, 0.717) is 5.41 Å². The number of ether oxygens (including phenoxy) is 1. The van der Waals surface area contributed by atoms with Crippen molar-refractivity contribution >= 4 is 0 Å². The lowest BCUT2D eigenvalue weighted by Crippen LogP contribution is -2.35. The van der Waals surface area contributed by atoms with E-state index in [1.807, 2.05) is 0 Å². The van der Waals surface area contributed by atoms with E-state index in [1.165, 1.54) is 38.5 Å². The molecule has 1 aliphatic carbocycles. The summed E-state index contributed by atoms with van der Waals surface area (Å²) in [4.78, 5) is 0. The van der Waals surface area contributed by atoms with Crippen LogP contribution in [0.15, 0.2) is 0 Å². The molecule has 0 spiro atoms. The van der Waals surface area contributed by atoms with Crippen molar-refractivity contribution in [2.45, 2.75) is 59.3 Å². The maximum atomic E-state index is 5.95. The third-order valence-electron chi connectivity index (χ3n) is 4.84. The summed E-state index contributed by atoms with van der Waals surface area (Å²) < 4.78 is 5.14. The molecule has 0 aromatic rings. The molecule has 0 radical (unpaired) electrons. The number of nitrogens with two attached hydrogens (primary N) is 1. The molecule has 1 fully saturated rings. The molecule has 2 N–H and O–H groups in total. The van der Waals surface area contributed by atoms with Crippen LogP contribution in [0.1, 0.15) is 59.3 Å². The summed E-state index contributed by atoms with van der Waals surface area (Å²) >= 11 is 0. The Labute approximate surface area is 114 Å². The van der Waals surface area contributed by atoms with E-state index >= 15 is 0 Å².